The van der Waals surface area contributed by atoms with E-state index in [4.69, 9.17) is 9.84 Å². The van der Waals surface area contributed by atoms with Gasteiger partial charge in [0, 0.05) is 29.4 Å². The van der Waals surface area contributed by atoms with Crippen LogP contribution in [0.1, 0.15) is 23.7 Å². The van der Waals surface area contributed by atoms with Crippen molar-refractivity contribution in [1.29, 1.82) is 0 Å². The molecule has 0 aromatic carbocycles. The van der Waals surface area contributed by atoms with Crippen LogP contribution in [0, 0.1) is 19.8 Å². The van der Waals surface area contributed by atoms with Crippen LogP contribution in [0.5, 0.6) is 5.75 Å². The maximum atomic E-state index is 10.8. The van der Waals surface area contributed by atoms with E-state index in [2.05, 4.69) is 4.98 Å². The molecule has 4 nitrogen and oxygen atoms in total. The van der Waals surface area contributed by atoms with Crippen molar-refractivity contribution in [3.8, 4) is 5.75 Å². The Morgan fingerprint density at radius 2 is 2.19 bits per heavy atom. The van der Waals surface area contributed by atoms with Gasteiger partial charge in [0.2, 0.25) is 0 Å². The molecule has 1 N–H and O–H groups in total. The minimum Gasteiger partial charge on any atom is -0.496 e. The Bertz CT molecular complexity index is 401. The maximum absolute atomic E-state index is 10.8. The number of aliphatic carboxylic acids is 1. The average molecular weight is 223 g/mol. The van der Waals surface area contributed by atoms with E-state index in [1.165, 1.54) is 0 Å². The zero-order valence-electron chi connectivity index (χ0n) is 10.1. The fraction of sp³-hybridized carbons (Fsp3) is 0.500. The summed E-state index contributed by atoms with van der Waals surface area (Å²) in [6.45, 7) is 5.50. The number of hydrogen-bond donors (Lipinski definition) is 1. The van der Waals surface area contributed by atoms with Gasteiger partial charge in [-0.25, -0.2) is 0 Å². The molecule has 0 aliphatic rings. The number of carboxylic acid groups (broad SMARTS) is 1. The maximum Gasteiger partial charge on any atom is 0.306 e. The van der Waals surface area contributed by atoms with E-state index in [9.17, 15) is 4.79 Å². The van der Waals surface area contributed by atoms with Crippen LogP contribution in [0.25, 0.3) is 0 Å². The smallest absolute Gasteiger partial charge is 0.306 e. The van der Waals surface area contributed by atoms with Crippen LogP contribution in [0.4, 0.5) is 0 Å². The highest BCUT2D eigenvalue weighted by Gasteiger charge is 2.16. The van der Waals surface area contributed by atoms with Crippen molar-refractivity contribution >= 4 is 5.97 Å². The summed E-state index contributed by atoms with van der Waals surface area (Å²) in [4.78, 5) is 15.0. The van der Waals surface area contributed by atoms with Gasteiger partial charge in [-0.05, 0) is 13.8 Å². The van der Waals surface area contributed by atoms with Crippen LogP contribution in [-0.4, -0.2) is 23.2 Å². The lowest BCUT2D eigenvalue weighted by Crippen LogP contribution is -2.14. The second-order valence-electron chi connectivity index (χ2n) is 3.99. The second kappa shape index (κ2) is 4.96. The van der Waals surface area contributed by atoms with Crippen molar-refractivity contribution in [3.05, 3.63) is 23.0 Å². The Balaban J connectivity index is 3.02. The van der Waals surface area contributed by atoms with Gasteiger partial charge >= 0.3 is 5.97 Å². The molecule has 0 spiro atoms. The van der Waals surface area contributed by atoms with Crippen molar-refractivity contribution < 1.29 is 14.6 Å². The van der Waals surface area contributed by atoms with Crippen LogP contribution in [0.3, 0.4) is 0 Å². The summed E-state index contributed by atoms with van der Waals surface area (Å²) in [5, 5.41) is 8.86. The minimum absolute atomic E-state index is 0.428. The third-order valence-corrected chi connectivity index (χ3v) is 2.67. The number of hydrogen-bond acceptors (Lipinski definition) is 3. The number of nitrogens with zero attached hydrogens (tertiary/aromatic N) is 1. The van der Waals surface area contributed by atoms with E-state index in [1.807, 2.05) is 13.8 Å². The quantitative estimate of drug-likeness (QED) is 0.847. The van der Waals surface area contributed by atoms with Crippen LogP contribution < -0.4 is 4.74 Å². The summed E-state index contributed by atoms with van der Waals surface area (Å²) < 4.78 is 5.27. The first kappa shape index (κ1) is 12.5. The van der Waals surface area contributed by atoms with Crippen molar-refractivity contribution in [2.45, 2.75) is 27.2 Å². The molecular weight excluding hydrogens is 206 g/mol. The van der Waals surface area contributed by atoms with Crippen molar-refractivity contribution in [3.63, 3.8) is 0 Å². The predicted octanol–water partition coefficient (Wildman–Crippen LogP) is 1.97. The van der Waals surface area contributed by atoms with E-state index in [1.54, 1.807) is 20.2 Å². The molecule has 0 aliphatic heterocycles. The molecule has 88 valence electrons. The van der Waals surface area contributed by atoms with E-state index in [0.717, 1.165) is 22.6 Å². The average Bonchev–Trinajstić information content (AvgIpc) is 2.22. The normalized spacial score (nSPS) is 12.2. The zero-order valence-corrected chi connectivity index (χ0v) is 10.1. The Morgan fingerprint density at radius 1 is 1.56 bits per heavy atom. The highest BCUT2D eigenvalue weighted by atomic mass is 16.5. The molecular formula is C12H17NO3. The highest BCUT2D eigenvalue weighted by Crippen LogP contribution is 2.25. The molecule has 4 heteroatoms. The third kappa shape index (κ3) is 2.51. The number of aryl methyl sites for hydroxylation is 1. The molecule has 1 rings (SSSR count). The zero-order chi connectivity index (χ0) is 12.3. The molecule has 1 atom stereocenters. The molecule has 0 amide bonds. The molecule has 0 saturated carbocycles. The molecule has 0 radical (unpaired) electrons. The SMILES string of the molecule is COc1c(C)cnc(CC(C)C(=O)O)c1C. The second-order valence-corrected chi connectivity index (χ2v) is 3.99. The minimum atomic E-state index is -0.805. The lowest BCUT2D eigenvalue weighted by atomic mass is 10.0. The first-order chi connectivity index (χ1) is 7.47. The van der Waals surface area contributed by atoms with Gasteiger partial charge in [-0.1, -0.05) is 6.92 Å². The topological polar surface area (TPSA) is 59.4 Å². The Kier molecular flexibility index (Phi) is 3.88. The van der Waals surface area contributed by atoms with Crippen molar-refractivity contribution in [2.75, 3.05) is 7.11 Å². The standard InChI is InChI=1S/C12H17NO3/c1-7(12(14)15)5-10-9(3)11(16-4)8(2)6-13-10/h6-7H,5H2,1-4H3,(H,14,15). The monoisotopic (exact) mass is 223 g/mol. The Morgan fingerprint density at radius 3 is 2.69 bits per heavy atom. The van der Waals surface area contributed by atoms with Gasteiger partial charge in [-0.15, -0.1) is 0 Å². The van der Waals surface area contributed by atoms with Crippen LogP contribution in [0.15, 0.2) is 6.20 Å². The number of carbonyl (C=O) groups is 1. The predicted molar refractivity (Wildman–Crippen MR) is 60.8 cm³/mol. The van der Waals surface area contributed by atoms with Gasteiger partial charge in [-0.3, -0.25) is 9.78 Å². The molecule has 16 heavy (non-hydrogen) atoms. The molecule has 0 saturated heterocycles. The van der Waals surface area contributed by atoms with Gasteiger partial charge < -0.3 is 9.84 Å². The summed E-state index contributed by atoms with van der Waals surface area (Å²) in [6.07, 6.45) is 2.15. The molecule has 1 heterocycles. The molecule has 0 aliphatic carbocycles. The highest BCUT2D eigenvalue weighted by molar-refractivity contribution is 5.69. The third-order valence-electron chi connectivity index (χ3n) is 2.67. The molecule has 0 bridgehead atoms. The Hall–Kier alpha value is -1.58. The van der Waals surface area contributed by atoms with Crippen LogP contribution >= 0.6 is 0 Å². The Labute approximate surface area is 95.3 Å². The number of methoxy groups -OCH3 is 1. The number of carboxylic acids is 1. The fourth-order valence-corrected chi connectivity index (χ4v) is 1.65. The fourth-order valence-electron chi connectivity index (χ4n) is 1.65. The number of pyridine rings is 1. The summed E-state index contributed by atoms with van der Waals surface area (Å²) in [7, 11) is 1.61. The van der Waals surface area contributed by atoms with Crippen molar-refractivity contribution in [1.82, 2.24) is 4.98 Å². The first-order valence-electron chi connectivity index (χ1n) is 5.19. The number of rotatable bonds is 4. The van der Waals surface area contributed by atoms with Gasteiger partial charge in [0.15, 0.2) is 0 Å². The summed E-state index contributed by atoms with van der Waals surface area (Å²) in [5.41, 5.74) is 2.68. The first-order valence-corrected chi connectivity index (χ1v) is 5.19. The van der Waals surface area contributed by atoms with Gasteiger partial charge in [0.1, 0.15) is 5.75 Å². The lowest BCUT2D eigenvalue weighted by molar-refractivity contribution is -0.141. The van der Waals surface area contributed by atoms with E-state index in [0.29, 0.717) is 6.42 Å². The largest absolute Gasteiger partial charge is 0.496 e. The van der Waals surface area contributed by atoms with Gasteiger partial charge in [0.05, 0.1) is 13.0 Å². The summed E-state index contributed by atoms with van der Waals surface area (Å²) in [5.74, 6) is -0.443. The lowest BCUT2D eigenvalue weighted by Gasteiger charge is -2.13. The number of aromatic nitrogens is 1. The van der Waals surface area contributed by atoms with Gasteiger partial charge in [0.25, 0.3) is 0 Å². The molecule has 1 aromatic heterocycles. The van der Waals surface area contributed by atoms with E-state index >= 15 is 0 Å². The summed E-state index contributed by atoms with van der Waals surface area (Å²) in [6, 6.07) is 0. The van der Waals surface area contributed by atoms with Gasteiger partial charge in [-0.2, -0.15) is 0 Å². The van der Waals surface area contributed by atoms with Crippen molar-refractivity contribution in [2.24, 2.45) is 5.92 Å². The molecule has 1 unspecified atom stereocenters. The van der Waals surface area contributed by atoms with Crippen LogP contribution in [-0.2, 0) is 11.2 Å². The molecule has 0 fully saturated rings. The van der Waals surface area contributed by atoms with Crippen LogP contribution in [0.2, 0.25) is 0 Å². The number of ether oxygens (including phenoxy) is 1. The molecule has 1 aromatic rings. The van der Waals surface area contributed by atoms with E-state index < -0.39 is 11.9 Å². The van der Waals surface area contributed by atoms with E-state index in [-0.39, 0.29) is 0 Å². The summed E-state index contributed by atoms with van der Waals surface area (Å²) >= 11 is 0.